The SMILES string of the molecule is CCOC(=O)c1ccc(-c2cncc(C(=O)O)c2)cc1F. The van der Waals surface area contributed by atoms with Crippen LogP contribution < -0.4 is 0 Å². The minimum absolute atomic E-state index is 0.00220. The van der Waals surface area contributed by atoms with E-state index in [1.807, 2.05) is 0 Å². The molecule has 2 aromatic rings. The number of carbonyl (C=O) groups excluding carboxylic acids is 1. The second-order valence-corrected chi connectivity index (χ2v) is 4.18. The highest BCUT2D eigenvalue weighted by Crippen LogP contribution is 2.22. The van der Waals surface area contributed by atoms with Crippen molar-refractivity contribution in [3.05, 3.63) is 53.6 Å². The van der Waals surface area contributed by atoms with Crippen molar-refractivity contribution < 1.29 is 23.8 Å². The van der Waals surface area contributed by atoms with Gasteiger partial charge in [-0.25, -0.2) is 14.0 Å². The monoisotopic (exact) mass is 289 g/mol. The number of rotatable bonds is 4. The molecular formula is C15H12FNO4. The number of carboxylic acid groups (broad SMARTS) is 1. The van der Waals surface area contributed by atoms with E-state index in [1.54, 1.807) is 6.92 Å². The first-order chi connectivity index (χ1) is 10.0. The maximum absolute atomic E-state index is 13.9. The Balaban J connectivity index is 2.38. The van der Waals surface area contributed by atoms with E-state index in [9.17, 15) is 14.0 Å². The number of hydrogen-bond acceptors (Lipinski definition) is 4. The van der Waals surface area contributed by atoms with Gasteiger partial charge in [-0.15, -0.1) is 0 Å². The van der Waals surface area contributed by atoms with E-state index < -0.39 is 17.8 Å². The van der Waals surface area contributed by atoms with E-state index in [0.717, 1.165) is 6.07 Å². The number of aromatic carboxylic acids is 1. The number of carbonyl (C=O) groups is 2. The van der Waals surface area contributed by atoms with Crippen molar-refractivity contribution >= 4 is 11.9 Å². The number of pyridine rings is 1. The molecule has 0 unspecified atom stereocenters. The van der Waals surface area contributed by atoms with Gasteiger partial charge in [0, 0.05) is 18.0 Å². The van der Waals surface area contributed by atoms with Crippen molar-refractivity contribution in [2.24, 2.45) is 0 Å². The lowest BCUT2D eigenvalue weighted by Gasteiger charge is -2.06. The van der Waals surface area contributed by atoms with E-state index in [0.29, 0.717) is 11.1 Å². The van der Waals surface area contributed by atoms with Gasteiger partial charge in [-0.3, -0.25) is 4.98 Å². The molecule has 6 heteroatoms. The zero-order valence-electron chi connectivity index (χ0n) is 11.2. The van der Waals surface area contributed by atoms with Gasteiger partial charge in [0.05, 0.1) is 17.7 Å². The summed E-state index contributed by atoms with van der Waals surface area (Å²) in [7, 11) is 0. The lowest BCUT2D eigenvalue weighted by Crippen LogP contribution is -2.07. The average Bonchev–Trinajstić information content (AvgIpc) is 2.47. The van der Waals surface area contributed by atoms with Crippen LogP contribution in [0.15, 0.2) is 36.7 Å². The molecule has 1 aromatic carbocycles. The van der Waals surface area contributed by atoms with E-state index in [1.165, 1.54) is 30.6 Å². The molecule has 108 valence electrons. The lowest BCUT2D eigenvalue weighted by molar-refractivity contribution is 0.0520. The molecule has 1 N–H and O–H groups in total. The van der Waals surface area contributed by atoms with Gasteiger partial charge in [-0.1, -0.05) is 6.07 Å². The summed E-state index contributed by atoms with van der Waals surface area (Å²) < 4.78 is 18.7. The van der Waals surface area contributed by atoms with Gasteiger partial charge in [-0.05, 0) is 30.7 Å². The van der Waals surface area contributed by atoms with Crippen molar-refractivity contribution in [3.8, 4) is 11.1 Å². The second-order valence-electron chi connectivity index (χ2n) is 4.18. The molecule has 0 spiro atoms. The number of hydrogen-bond donors (Lipinski definition) is 1. The molecule has 0 saturated carbocycles. The van der Waals surface area contributed by atoms with Crippen LogP contribution in [-0.2, 0) is 4.74 Å². The van der Waals surface area contributed by atoms with E-state index in [-0.39, 0.29) is 17.7 Å². The van der Waals surface area contributed by atoms with Gasteiger partial charge < -0.3 is 9.84 Å². The quantitative estimate of drug-likeness (QED) is 0.876. The number of aromatic nitrogens is 1. The minimum Gasteiger partial charge on any atom is -0.478 e. The lowest BCUT2D eigenvalue weighted by atomic mass is 10.0. The summed E-state index contributed by atoms with van der Waals surface area (Å²) in [5.74, 6) is -2.58. The molecule has 0 aliphatic rings. The Hall–Kier alpha value is -2.76. The maximum atomic E-state index is 13.9. The van der Waals surface area contributed by atoms with Crippen LogP contribution >= 0.6 is 0 Å². The Labute approximate surface area is 120 Å². The number of carboxylic acids is 1. The molecule has 0 fully saturated rings. The van der Waals surface area contributed by atoms with Crippen LogP contribution in [-0.4, -0.2) is 28.6 Å². The third-order valence-corrected chi connectivity index (χ3v) is 2.78. The highest BCUT2D eigenvalue weighted by molar-refractivity contribution is 5.91. The van der Waals surface area contributed by atoms with Crippen molar-refractivity contribution in [2.75, 3.05) is 6.61 Å². The summed E-state index contributed by atoms with van der Waals surface area (Å²) >= 11 is 0. The number of benzene rings is 1. The zero-order valence-corrected chi connectivity index (χ0v) is 11.2. The molecule has 0 bridgehead atoms. The first-order valence-corrected chi connectivity index (χ1v) is 6.18. The fraction of sp³-hybridized carbons (Fsp3) is 0.133. The molecule has 21 heavy (non-hydrogen) atoms. The highest BCUT2D eigenvalue weighted by Gasteiger charge is 2.14. The van der Waals surface area contributed by atoms with Crippen molar-refractivity contribution in [1.29, 1.82) is 0 Å². The zero-order chi connectivity index (χ0) is 15.4. The topological polar surface area (TPSA) is 76.5 Å². The minimum atomic E-state index is -1.12. The van der Waals surface area contributed by atoms with Crippen LogP contribution in [0.4, 0.5) is 4.39 Å². The third kappa shape index (κ3) is 3.22. The molecule has 0 aliphatic carbocycles. The molecule has 0 radical (unpaired) electrons. The largest absolute Gasteiger partial charge is 0.478 e. The van der Waals surface area contributed by atoms with Crippen LogP contribution in [0, 0.1) is 5.82 Å². The fourth-order valence-electron chi connectivity index (χ4n) is 1.78. The molecule has 1 aromatic heterocycles. The Kier molecular flexibility index (Phi) is 4.27. The fourth-order valence-corrected chi connectivity index (χ4v) is 1.78. The summed E-state index contributed by atoms with van der Waals surface area (Å²) in [6.07, 6.45) is 2.63. The van der Waals surface area contributed by atoms with Crippen molar-refractivity contribution in [3.63, 3.8) is 0 Å². The van der Waals surface area contributed by atoms with Gasteiger partial charge in [0.25, 0.3) is 0 Å². The Morgan fingerprint density at radius 2 is 2.00 bits per heavy atom. The van der Waals surface area contributed by atoms with E-state index in [2.05, 4.69) is 4.98 Å². The molecule has 1 heterocycles. The molecule has 0 atom stereocenters. The predicted molar refractivity (Wildman–Crippen MR) is 72.5 cm³/mol. The second kappa shape index (κ2) is 6.13. The van der Waals surface area contributed by atoms with Crippen LogP contribution in [0.5, 0.6) is 0 Å². The van der Waals surface area contributed by atoms with Crippen LogP contribution in [0.1, 0.15) is 27.6 Å². The molecular weight excluding hydrogens is 277 g/mol. The van der Waals surface area contributed by atoms with Gasteiger partial charge in [0.2, 0.25) is 0 Å². The molecule has 0 aliphatic heterocycles. The Morgan fingerprint density at radius 3 is 2.62 bits per heavy atom. The van der Waals surface area contributed by atoms with Crippen LogP contribution in [0.3, 0.4) is 0 Å². The maximum Gasteiger partial charge on any atom is 0.341 e. The van der Waals surface area contributed by atoms with Crippen molar-refractivity contribution in [2.45, 2.75) is 6.92 Å². The molecule has 2 rings (SSSR count). The predicted octanol–water partition coefficient (Wildman–Crippen LogP) is 2.76. The number of ether oxygens (including phenoxy) is 1. The summed E-state index contributed by atoms with van der Waals surface area (Å²) in [5, 5.41) is 8.91. The van der Waals surface area contributed by atoms with E-state index in [4.69, 9.17) is 9.84 Å². The summed E-state index contributed by atoms with van der Waals surface area (Å²) in [4.78, 5) is 26.2. The van der Waals surface area contributed by atoms with Gasteiger partial charge in [0.15, 0.2) is 0 Å². The number of nitrogens with zero attached hydrogens (tertiary/aromatic N) is 1. The average molecular weight is 289 g/mol. The molecule has 0 amide bonds. The molecule has 5 nitrogen and oxygen atoms in total. The van der Waals surface area contributed by atoms with Gasteiger partial charge >= 0.3 is 11.9 Å². The van der Waals surface area contributed by atoms with Gasteiger partial charge in [0.1, 0.15) is 5.82 Å². The summed E-state index contributed by atoms with van der Waals surface area (Å²) in [6, 6.07) is 5.34. The number of esters is 1. The first kappa shape index (κ1) is 14.6. The van der Waals surface area contributed by atoms with Crippen LogP contribution in [0.2, 0.25) is 0 Å². The van der Waals surface area contributed by atoms with E-state index >= 15 is 0 Å². The highest BCUT2D eigenvalue weighted by atomic mass is 19.1. The number of halogens is 1. The smallest absolute Gasteiger partial charge is 0.341 e. The third-order valence-electron chi connectivity index (χ3n) is 2.78. The van der Waals surface area contributed by atoms with Crippen LogP contribution in [0.25, 0.3) is 11.1 Å². The first-order valence-electron chi connectivity index (χ1n) is 6.18. The van der Waals surface area contributed by atoms with Gasteiger partial charge in [-0.2, -0.15) is 0 Å². The Morgan fingerprint density at radius 1 is 1.24 bits per heavy atom. The normalized spacial score (nSPS) is 10.2. The summed E-state index contributed by atoms with van der Waals surface area (Å²) in [5.41, 5.74) is 0.714. The summed E-state index contributed by atoms with van der Waals surface area (Å²) in [6.45, 7) is 1.79. The standard InChI is InChI=1S/C15H12FNO4/c1-2-21-15(20)12-4-3-9(6-13(12)16)10-5-11(14(18)19)8-17-7-10/h3-8H,2H2,1H3,(H,18,19). The Bertz CT molecular complexity index is 700. The molecule has 0 saturated heterocycles. The van der Waals surface area contributed by atoms with Crippen molar-refractivity contribution in [1.82, 2.24) is 4.98 Å².